The normalized spacial score (nSPS) is 36.0. The summed E-state index contributed by atoms with van der Waals surface area (Å²) in [5.74, 6) is 1.36. The Morgan fingerprint density at radius 1 is 1.38 bits per heavy atom. The highest BCUT2D eigenvalue weighted by Crippen LogP contribution is 2.40. The Kier molecular flexibility index (Phi) is 6.51. The Morgan fingerprint density at radius 3 is 2.81 bits per heavy atom. The molecule has 2 aliphatic rings. The summed E-state index contributed by atoms with van der Waals surface area (Å²) >= 11 is 0. The molecule has 2 N–H and O–H groups in total. The number of aliphatic hydroxyl groups excluding tert-OH is 1. The number of aliphatic hydroxyl groups is 1. The molecule has 2 rings (SSSR count). The first kappa shape index (κ1) is 17.2. The molecule has 21 heavy (non-hydrogen) atoms. The largest absolute Gasteiger partial charge is 0.393 e. The fourth-order valence-corrected chi connectivity index (χ4v) is 4.53. The lowest BCUT2D eigenvalue weighted by molar-refractivity contribution is 0.0804. The molecule has 0 aromatic heterocycles. The molecule has 0 bridgehead atoms. The van der Waals surface area contributed by atoms with E-state index in [0.717, 1.165) is 19.0 Å². The van der Waals surface area contributed by atoms with Crippen LogP contribution in [0.15, 0.2) is 0 Å². The fourth-order valence-electron chi connectivity index (χ4n) is 4.53. The summed E-state index contributed by atoms with van der Waals surface area (Å²) in [6, 6.07) is 0. The van der Waals surface area contributed by atoms with Crippen LogP contribution in [0.2, 0.25) is 0 Å². The number of nitrogens with one attached hydrogen (secondary N) is 1. The summed E-state index contributed by atoms with van der Waals surface area (Å²) in [7, 11) is 0. The van der Waals surface area contributed by atoms with E-state index in [4.69, 9.17) is 0 Å². The Labute approximate surface area is 131 Å². The lowest BCUT2D eigenvalue weighted by atomic mass is 9.69. The van der Waals surface area contributed by atoms with Crippen molar-refractivity contribution in [2.24, 2.45) is 17.3 Å². The van der Waals surface area contributed by atoms with Crippen molar-refractivity contribution in [3.63, 3.8) is 0 Å². The Bertz CT molecular complexity index is 308. The van der Waals surface area contributed by atoms with Gasteiger partial charge in [0.05, 0.1) is 6.10 Å². The van der Waals surface area contributed by atoms with Crippen molar-refractivity contribution in [1.82, 2.24) is 10.2 Å². The summed E-state index contributed by atoms with van der Waals surface area (Å²) in [5, 5.41) is 13.5. The highest BCUT2D eigenvalue weighted by molar-refractivity contribution is 4.92. The van der Waals surface area contributed by atoms with Crippen LogP contribution in [0.5, 0.6) is 0 Å². The first-order valence-electron chi connectivity index (χ1n) is 9.16. The molecule has 1 saturated carbocycles. The Hall–Kier alpha value is -0.120. The molecule has 4 atom stereocenters. The molecule has 124 valence electrons. The van der Waals surface area contributed by atoms with Crippen molar-refractivity contribution < 1.29 is 5.11 Å². The van der Waals surface area contributed by atoms with Crippen LogP contribution in [0, 0.1) is 17.3 Å². The standard InChI is InChI=1S/C18H36N2O/c1-4-9-19-13-18(8-5-6-15(2)11-18)14-20-10-7-17(12-20)16(3)21/h15-17,19,21H,4-14H2,1-3H3. The van der Waals surface area contributed by atoms with E-state index >= 15 is 0 Å². The minimum absolute atomic E-state index is 0.144. The van der Waals surface area contributed by atoms with Gasteiger partial charge in [0, 0.05) is 19.6 Å². The maximum atomic E-state index is 9.82. The van der Waals surface area contributed by atoms with E-state index in [0.29, 0.717) is 11.3 Å². The van der Waals surface area contributed by atoms with Gasteiger partial charge >= 0.3 is 0 Å². The predicted octanol–water partition coefficient (Wildman–Crippen LogP) is 2.89. The molecular weight excluding hydrogens is 260 g/mol. The molecule has 0 amide bonds. The van der Waals surface area contributed by atoms with Crippen molar-refractivity contribution in [2.75, 3.05) is 32.7 Å². The van der Waals surface area contributed by atoms with Crippen LogP contribution in [-0.2, 0) is 0 Å². The third-order valence-electron chi connectivity index (χ3n) is 5.66. The number of nitrogens with zero attached hydrogens (tertiary/aromatic N) is 1. The van der Waals surface area contributed by atoms with Crippen molar-refractivity contribution >= 4 is 0 Å². The summed E-state index contributed by atoms with van der Waals surface area (Å²) in [4.78, 5) is 2.63. The average Bonchev–Trinajstić information content (AvgIpc) is 2.87. The summed E-state index contributed by atoms with van der Waals surface area (Å²) < 4.78 is 0. The minimum atomic E-state index is -0.144. The smallest absolute Gasteiger partial charge is 0.0552 e. The zero-order valence-electron chi connectivity index (χ0n) is 14.4. The quantitative estimate of drug-likeness (QED) is 0.709. The van der Waals surface area contributed by atoms with Gasteiger partial charge in [0.1, 0.15) is 0 Å². The van der Waals surface area contributed by atoms with Gasteiger partial charge in [0.15, 0.2) is 0 Å². The van der Waals surface area contributed by atoms with Gasteiger partial charge in [-0.2, -0.15) is 0 Å². The van der Waals surface area contributed by atoms with E-state index in [1.54, 1.807) is 0 Å². The molecule has 0 aromatic carbocycles. The molecule has 4 unspecified atom stereocenters. The summed E-state index contributed by atoms with van der Waals surface area (Å²) in [5.41, 5.74) is 0.473. The zero-order valence-corrected chi connectivity index (χ0v) is 14.4. The first-order valence-corrected chi connectivity index (χ1v) is 9.16. The summed E-state index contributed by atoms with van der Waals surface area (Å²) in [6.07, 6.45) is 7.80. The van der Waals surface area contributed by atoms with E-state index in [1.165, 1.54) is 58.2 Å². The number of rotatable bonds is 7. The van der Waals surface area contributed by atoms with E-state index < -0.39 is 0 Å². The van der Waals surface area contributed by atoms with Gasteiger partial charge in [-0.05, 0) is 62.9 Å². The molecule has 3 heteroatoms. The molecule has 0 aromatic rings. The second-order valence-electron chi connectivity index (χ2n) is 7.90. The second kappa shape index (κ2) is 7.94. The fraction of sp³-hybridized carbons (Fsp3) is 1.00. The predicted molar refractivity (Wildman–Crippen MR) is 89.5 cm³/mol. The van der Waals surface area contributed by atoms with Gasteiger partial charge in [0.25, 0.3) is 0 Å². The first-order chi connectivity index (χ1) is 10.0. The molecule has 1 aliphatic heterocycles. The van der Waals surface area contributed by atoms with Crippen molar-refractivity contribution in [2.45, 2.75) is 65.4 Å². The lowest BCUT2D eigenvalue weighted by Crippen LogP contribution is -2.46. The average molecular weight is 296 g/mol. The topological polar surface area (TPSA) is 35.5 Å². The lowest BCUT2D eigenvalue weighted by Gasteiger charge is -2.43. The van der Waals surface area contributed by atoms with Crippen LogP contribution >= 0.6 is 0 Å². The van der Waals surface area contributed by atoms with E-state index in [1.807, 2.05) is 6.92 Å². The Balaban J connectivity index is 1.92. The molecule has 1 aliphatic carbocycles. The SMILES string of the molecule is CCCNCC1(CN2CCC(C(C)O)C2)CCCC(C)C1. The monoisotopic (exact) mass is 296 g/mol. The molecule has 2 fully saturated rings. The molecule has 0 spiro atoms. The second-order valence-corrected chi connectivity index (χ2v) is 7.90. The number of hydrogen-bond donors (Lipinski definition) is 2. The van der Waals surface area contributed by atoms with Crippen LogP contribution < -0.4 is 5.32 Å². The van der Waals surface area contributed by atoms with Crippen LogP contribution in [-0.4, -0.2) is 48.8 Å². The van der Waals surface area contributed by atoms with Crippen molar-refractivity contribution in [3.05, 3.63) is 0 Å². The van der Waals surface area contributed by atoms with Gasteiger partial charge in [-0.15, -0.1) is 0 Å². The van der Waals surface area contributed by atoms with E-state index in [2.05, 4.69) is 24.1 Å². The zero-order chi connectivity index (χ0) is 15.3. The Morgan fingerprint density at radius 2 is 2.19 bits per heavy atom. The third-order valence-corrected chi connectivity index (χ3v) is 5.66. The van der Waals surface area contributed by atoms with Crippen LogP contribution in [0.25, 0.3) is 0 Å². The minimum Gasteiger partial charge on any atom is -0.393 e. The van der Waals surface area contributed by atoms with Crippen molar-refractivity contribution in [1.29, 1.82) is 0 Å². The molecular formula is C18H36N2O. The van der Waals surface area contributed by atoms with Crippen molar-refractivity contribution in [3.8, 4) is 0 Å². The number of likely N-dealkylation sites (tertiary alicyclic amines) is 1. The van der Waals surface area contributed by atoms with Gasteiger partial charge in [-0.3, -0.25) is 0 Å². The highest BCUT2D eigenvalue weighted by atomic mass is 16.3. The highest BCUT2D eigenvalue weighted by Gasteiger charge is 2.38. The van der Waals surface area contributed by atoms with Crippen LogP contribution in [0.1, 0.15) is 59.3 Å². The summed E-state index contributed by atoms with van der Waals surface area (Å²) in [6.45, 7) is 12.5. The molecule has 1 saturated heterocycles. The molecule has 1 heterocycles. The maximum absolute atomic E-state index is 9.82. The molecule has 0 radical (unpaired) electrons. The van der Waals surface area contributed by atoms with E-state index in [-0.39, 0.29) is 6.10 Å². The van der Waals surface area contributed by atoms with E-state index in [9.17, 15) is 5.11 Å². The number of hydrogen-bond acceptors (Lipinski definition) is 3. The van der Waals surface area contributed by atoms with Gasteiger partial charge in [-0.1, -0.05) is 26.7 Å². The third kappa shape index (κ3) is 4.94. The molecule has 3 nitrogen and oxygen atoms in total. The maximum Gasteiger partial charge on any atom is 0.0552 e. The van der Waals surface area contributed by atoms with Gasteiger partial charge < -0.3 is 15.3 Å². The van der Waals surface area contributed by atoms with Crippen LogP contribution in [0.3, 0.4) is 0 Å². The van der Waals surface area contributed by atoms with Crippen LogP contribution in [0.4, 0.5) is 0 Å². The van der Waals surface area contributed by atoms with Gasteiger partial charge in [0.2, 0.25) is 0 Å². The van der Waals surface area contributed by atoms with Gasteiger partial charge in [-0.25, -0.2) is 0 Å².